The molecule has 2 heterocycles. The van der Waals surface area contributed by atoms with Gasteiger partial charge in [0, 0.05) is 23.1 Å². The van der Waals surface area contributed by atoms with Crippen molar-refractivity contribution in [2.45, 2.75) is 39.0 Å². The summed E-state index contributed by atoms with van der Waals surface area (Å²) in [5.41, 5.74) is 3.58. The first-order valence-electron chi connectivity index (χ1n) is 6.91. The van der Waals surface area contributed by atoms with Crippen LogP contribution in [0, 0.1) is 0 Å². The number of benzene rings is 1. The van der Waals surface area contributed by atoms with E-state index in [1.54, 1.807) is 0 Å². The van der Waals surface area contributed by atoms with E-state index in [4.69, 9.17) is 0 Å². The molecule has 1 amide bonds. The summed E-state index contributed by atoms with van der Waals surface area (Å²) in [4.78, 5) is 19.7. The fourth-order valence-corrected chi connectivity index (χ4v) is 2.52. The Bertz CT molecular complexity index is 683. The number of H-pyrrole nitrogens is 1. The first-order valence-corrected chi connectivity index (χ1v) is 6.91. The van der Waals surface area contributed by atoms with Crippen LogP contribution in [0.25, 0.3) is 11.4 Å². The monoisotopic (exact) mass is 269 g/mol. The van der Waals surface area contributed by atoms with E-state index in [-0.39, 0.29) is 5.91 Å². The van der Waals surface area contributed by atoms with Crippen LogP contribution in [0.1, 0.15) is 44.9 Å². The molecule has 0 radical (unpaired) electrons. The van der Waals surface area contributed by atoms with Gasteiger partial charge in [0.15, 0.2) is 0 Å². The fraction of sp³-hybridized carbons (Fsp3) is 0.375. The van der Waals surface area contributed by atoms with E-state index in [2.05, 4.69) is 29.1 Å². The highest BCUT2D eigenvalue weighted by Gasteiger charge is 2.38. The number of rotatable bonds is 2. The van der Waals surface area contributed by atoms with Gasteiger partial charge in [0.1, 0.15) is 5.82 Å². The quantitative estimate of drug-likeness (QED) is 0.877. The minimum absolute atomic E-state index is 0.0481. The molecule has 1 aromatic carbocycles. The summed E-state index contributed by atoms with van der Waals surface area (Å²) in [6.45, 7) is 8.14. The van der Waals surface area contributed by atoms with Crippen LogP contribution >= 0.6 is 0 Å². The standard InChI is InChI=1S/C16H19N3O/c1-9(2)13-8-17-14(18-13)10-5-6-11-12(7-10)19-15(20)16(11,3)4/h5-9H,1-4H3,(H,17,18)(H,19,20). The maximum absolute atomic E-state index is 12.0. The molecule has 2 N–H and O–H groups in total. The maximum atomic E-state index is 12.0. The molecule has 1 aromatic heterocycles. The molecule has 0 aliphatic carbocycles. The zero-order chi connectivity index (χ0) is 14.5. The first kappa shape index (κ1) is 12.9. The number of imidazole rings is 1. The van der Waals surface area contributed by atoms with Gasteiger partial charge in [-0.05, 0) is 31.4 Å². The Morgan fingerprint density at radius 2 is 2.00 bits per heavy atom. The minimum Gasteiger partial charge on any atom is -0.342 e. The van der Waals surface area contributed by atoms with Crippen molar-refractivity contribution in [3.8, 4) is 11.4 Å². The summed E-state index contributed by atoms with van der Waals surface area (Å²) in [7, 11) is 0. The second-order valence-electron chi connectivity index (χ2n) is 6.18. The number of anilines is 1. The van der Waals surface area contributed by atoms with E-state index in [0.29, 0.717) is 5.92 Å². The van der Waals surface area contributed by atoms with E-state index in [1.165, 1.54) is 0 Å². The maximum Gasteiger partial charge on any atom is 0.234 e. The molecular formula is C16H19N3O. The third kappa shape index (κ3) is 1.83. The summed E-state index contributed by atoms with van der Waals surface area (Å²) in [6.07, 6.45) is 1.87. The van der Waals surface area contributed by atoms with Crippen LogP contribution in [0.3, 0.4) is 0 Å². The molecule has 4 heteroatoms. The lowest BCUT2D eigenvalue weighted by Gasteiger charge is -2.14. The Hall–Kier alpha value is -2.10. The van der Waals surface area contributed by atoms with Crippen molar-refractivity contribution in [3.63, 3.8) is 0 Å². The molecule has 0 spiro atoms. The third-order valence-corrected chi connectivity index (χ3v) is 4.00. The van der Waals surface area contributed by atoms with Crippen LogP contribution in [0.5, 0.6) is 0 Å². The molecule has 4 nitrogen and oxygen atoms in total. The van der Waals surface area contributed by atoms with E-state index >= 15 is 0 Å². The lowest BCUT2D eigenvalue weighted by molar-refractivity contribution is -0.119. The smallest absolute Gasteiger partial charge is 0.234 e. The topological polar surface area (TPSA) is 57.8 Å². The van der Waals surface area contributed by atoms with E-state index < -0.39 is 5.41 Å². The highest BCUT2D eigenvalue weighted by atomic mass is 16.2. The van der Waals surface area contributed by atoms with Crippen molar-refractivity contribution in [2.24, 2.45) is 0 Å². The van der Waals surface area contributed by atoms with Crippen molar-refractivity contribution >= 4 is 11.6 Å². The van der Waals surface area contributed by atoms with Gasteiger partial charge in [-0.25, -0.2) is 4.98 Å². The average molecular weight is 269 g/mol. The van der Waals surface area contributed by atoms with E-state index in [0.717, 1.165) is 28.3 Å². The number of fused-ring (bicyclic) bond motifs is 1. The Labute approximate surface area is 118 Å². The van der Waals surface area contributed by atoms with Gasteiger partial charge in [-0.2, -0.15) is 0 Å². The Morgan fingerprint density at radius 1 is 1.25 bits per heavy atom. The number of hydrogen-bond donors (Lipinski definition) is 2. The number of carbonyl (C=O) groups is 1. The van der Waals surface area contributed by atoms with E-state index in [1.807, 2.05) is 38.2 Å². The van der Waals surface area contributed by atoms with Gasteiger partial charge in [0.25, 0.3) is 0 Å². The summed E-state index contributed by atoms with van der Waals surface area (Å²) in [5, 5.41) is 2.95. The molecule has 20 heavy (non-hydrogen) atoms. The minimum atomic E-state index is -0.458. The number of amides is 1. The van der Waals surface area contributed by atoms with Crippen LogP contribution < -0.4 is 5.32 Å². The van der Waals surface area contributed by atoms with Crippen LogP contribution in [-0.4, -0.2) is 15.9 Å². The van der Waals surface area contributed by atoms with Gasteiger partial charge < -0.3 is 10.3 Å². The molecule has 0 unspecified atom stereocenters. The molecule has 3 rings (SSSR count). The van der Waals surface area contributed by atoms with Crippen molar-refractivity contribution < 1.29 is 4.79 Å². The van der Waals surface area contributed by atoms with Gasteiger partial charge in [0.2, 0.25) is 5.91 Å². The van der Waals surface area contributed by atoms with Gasteiger partial charge in [0.05, 0.1) is 5.41 Å². The summed E-state index contributed by atoms with van der Waals surface area (Å²) in [6, 6.07) is 6.02. The zero-order valence-corrected chi connectivity index (χ0v) is 12.2. The average Bonchev–Trinajstić information content (AvgIpc) is 2.94. The molecule has 2 aromatic rings. The molecule has 0 saturated heterocycles. The summed E-state index contributed by atoms with van der Waals surface area (Å²) in [5.74, 6) is 1.31. The molecule has 0 saturated carbocycles. The van der Waals surface area contributed by atoms with Crippen LogP contribution in [-0.2, 0) is 10.2 Å². The van der Waals surface area contributed by atoms with Crippen molar-refractivity contribution in [2.75, 3.05) is 5.32 Å². The Kier molecular flexibility index (Phi) is 2.71. The number of nitrogens with one attached hydrogen (secondary N) is 2. The van der Waals surface area contributed by atoms with Crippen LogP contribution in [0.2, 0.25) is 0 Å². The molecule has 0 fully saturated rings. The van der Waals surface area contributed by atoms with E-state index in [9.17, 15) is 4.79 Å². The van der Waals surface area contributed by atoms with Crippen LogP contribution in [0.15, 0.2) is 24.4 Å². The van der Waals surface area contributed by atoms with Crippen LogP contribution in [0.4, 0.5) is 5.69 Å². The SMILES string of the molecule is CC(C)c1cnc(-c2ccc3c(c2)NC(=O)C3(C)C)[nH]1. The molecular weight excluding hydrogens is 250 g/mol. The fourth-order valence-electron chi connectivity index (χ4n) is 2.52. The normalized spacial score (nSPS) is 16.4. The molecule has 1 aliphatic rings. The third-order valence-electron chi connectivity index (χ3n) is 4.00. The predicted molar refractivity (Wildman–Crippen MR) is 79.8 cm³/mol. The van der Waals surface area contributed by atoms with Gasteiger partial charge in [-0.1, -0.05) is 26.0 Å². The number of carbonyl (C=O) groups excluding carboxylic acids is 1. The zero-order valence-electron chi connectivity index (χ0n) is 12.2. The first-order chi connectivity index (χ1) is 9.39. The Balaban J connectivity index is 2.02. The van der Waals surface area contributed by atoms with Gasteiger partial charge in [-0.15, -0.1) is 0 Å². The van der Waals surface area contributed by atoms with Crippen molar-refractivity contribution in [3.05, 3.63) is 35.7 Å². The summed E-state index contributed by atoms with van der Waals surface area (Å²) < 4.78 is 0. The highest BCUT2D eigenvalue weighted by Crippen LogP contribution is 2.39. The lowest BCUT2D eigenvalue weighted by atomic mass is 9.86. The second-order valence-corrected chi connectivity index (χ2v) is 6.18. The molecule has 0 bridgehead atoms. The van der Waals surface area contributed by atoms with Crippen molar-refractivity contribution in [1.82, 2.24) is 9.97 Å². The van der Waals surface area contributed by atoms with Gasteiger partial charge in [-0.3, -0.25) is 4.79 Å². The molecule has 0 atom stereocenters. The molecule has 1 aliphatic heterocycles. The molecule has 104 valence electrons. The number of aromatic amines is 1. The van der Waals surface area contributed by atoms with Crippen molar-refractivity contribution in [1.29, 1.82) is 0 Å². The largest absolute Gasteiger partial charge is 0.342 e. The summed E-state index contributed by atoms with van der Waals surface area (Å²) >= 11 is 0. The van der Waals surface area contributed by atoms with Gasteiger partial charge >= 0.3 is 0 Å². The number of aromatic nitrogens is 2. The Morgan fingerprint density at radius 3 is 2.65 bits per heavy atom. The number of hydrogen-bond acceptors (Lipinski definition) is 2. The number of nitrogens with zero attached hydrogens (tertiary/aromatic N) is 1. The lowest BCUT2D eigenvalue weighted by Crippen LogP contribution is -2.26. The predicted octanol–water partition coefficient (Wildman–Crippen LogP) is 3.43. The second kappa shape index (κ2) is 4.20. The highest BCUT2D eigenvalue weighted by molar-refractivity contribution is 6.06.